The van der Waals surface area contributed by atoms with Gasteiger partial charge in [-0.15, -0.1) is 0 Å². The number of likely N-dealkylation sites (tertiary alicyclic amines) is 1. The maximum Gasteiger partial charge on any atom is 0.222 e. The molecule has 0 saturated carbocycles. The van der Waals surface area contributed by atoms with Crippen molar-refractivity contribution in [2.75, 3.05) is 112 Å². The van der Waals surface area contributed by atoms with Gasteiger partial charge in [-0.1, -0.05) is 87.5 Å². The van der Waals surface area contributed by atoms with E-state index in [1.807, 2.05) is 0 Å². The molecule has 9 N–H and O–H groups in total. The van der Waals surface area contributed by atoms with Gasteiger partial charge in [0, 0.05) is 168 Å². The molecule has 4 saturated heterocycles. The fraction of sp³-hybridized carbons (Fsp3) is 0.901. The summed E-state index contributed by atoms with van der Waals surface area (Å²) < 4.78 is 58.7. The van der Waals surface area contributed by atoms with E-state index in [0.717, 1.165) is 44.9 Å². The first kappa shape index (κ1) is 104. The Balaban J connectivity index is 1.28. The number of ether oxygens (including phenoxy) is 10. The number of aliphatic hydroxyl groups excluding tert-OH is 7. The minimum absolute atomic E-state index is 0.0196. The van der Waals surface area contributed by atoms with Gasteiger partial charge in [-0.05, 0) is 106 Å². The Kier molecular flexibility index (Phi) is 55.0. The van der Waals surface area contributed by atoms with Crippen LogP contribution in [0.25, 0.3) is 31.3 Å². The molecule has 0 spiro atoms. The molecule has 17 atom stereocenters. The summed E-state index contributed by atoms with van der Waals surface area (Å²) >= 11 is 0. The topological polar surface area (TPSA) is 544 Å². The molecule has 4 fully saturated rings. The summed E-state index contributed by atoms with van der Waals surface area (Å²) in [4.78, 5) is 115. The van der Waals surface area contributed by atoms with Crippen molar-refractivity contribution in [3.8, 4) is 0 Å². The molecule has 0 aromatic carbocycles. The van der Waals surface area contributed by atoms with E-state index in [0.29, 0.717) is 148 Å². The Bertz CT molecular complexity index is 2790. The molecule has 0 aromatic heterocycles. The Morgan fingerprint density at radius 1 is 0.407 bits per heavy atom. The Hall–Kier alpha value is -5.99. The molecule has 0 radical (unpaired) electrons. The number of ketones is 5. The zero-order valence-corrected chi connectivity index (χ0v) is 70.3. The third kappa shape index (κ3) is 42.7. The third-order valence-corrected chi connectivity index (χ3v) is 22.2. The summed E-state index contributed by atoms with van der Waals surface area (Å²) in [5, 5.41) is 88.5. The molecule has 0 bridgehead atoms. The van der Waals surface area contributed by atoms with Crippen molar-refractivity contribution in [3.05, 3.63) is 31.3 Å². The number of carbonyl (C=O) groups is 8. The van der Waals surface area contributed by atoms with E-state index in [4.69, 9.17) is 64.0 Å². The summed E-state index contributed by atoms with van der Waals surface area (Å²) in [6, 6.07) is -0.109. The number of hydrogen-bond acceptors (Lipinski definition) is 28. The average molecular weight is 1680 g/mol. The molecule has 118 heavy (non-hydrogen) atoms. The standard InChI is InChI=1S/C81H140N12O25/c1-56-72(103)75(106)66(48-87-90-82)116-78(56)113-40-22-19-30-60(94)26-14-11-16-28-62(96)35-43-110-53-81(47-64(98)32-13-9-7-5-6-8-10-18-34-71(102)93-51-65(99)46-59(93)52-109-4,54-111-44-36-63(97)29-17-12-15-27-61(95)31-20-23-41-114-79-57(2)73(104)76(107)67(117-79)49-88-91-83)55-112-45-37-70(101)86-39-25-38-85-69(100)33-21-24-42-115-80-58(3)74(105)77(108)68(118-80)50-89-92-84/h56-59,65-68,72-80,99,103-108H,5-55H2,1-4H3,(H,85,100)(H,86,101)/t56?,57?,58?,59-,65+,66?,67?,68?,72?,73?,74?,75?,76?,77?,78?,79?,80?,81?/m0/s1. The molecule has 4 heterocycles. The number of rotatable bonds is 70. The summed E-state index contributed by atoms with van der Waals surface area (Å²) in [6.45, 7) is 6.42. The van der Waals surface area contributed by atoms with Crippen LogP contribution in [0.1, 0.15) is 245 Å². The van der Waals surface area contributed by atoms with Crippen LogP contribution >= 0.6 is 0 Å². The maximum absolute atomic E-state index is 14.2. The van der Waals surface area contributed by atoms with Crippen LogP contribution in [0.4, 0.5) is 0 Å². The number of aliphatic hydroxyl groups is 7. The molecule has 15 unspecified atom stereocenters. The van der Waals surface area contributed by atoms with E-state index in [2.05, 4.69) is 40.7 Å². The van der Waals surface area contributed by atoms with Crippen LogP contribution in [-0.4, -0.2) is 286 Å². The van der Waals surface area contributed by atoms with Crippen molar-refractivity contribution >= 4 is 46.6 Å². The minimum atomic E-state index is -1.24. The molecule has 0 aliphatic carbocycles. The molecular weight excluding hydrogens is 1540 g/mol. The minimum Gasteiger partial charge on any atom is -0.391 e. The van der Waals surface area contributed by atoms with E-state index < -0.39 is 103 Å². The average Bonchev–Trinajstić information content (AvgIpc) is 1.62. The van der Waals surface area contributed by atoms with Gasteiger partial charge in [0.05, 0.1) is 115 Å². The zero-order valence-electron chi connectivity index (χ0n) is 70.3. The van der Waals surface area contributed by atoms with Crippen molar-refractivity contribution in [1.82, 2.24) is 15.5 Å². The smallest absolute Gasteiger partial charge is 0.222 e. The molecule has 37 nitrogen and oxygen atoms in total. The van der Waals surface area contributed by atoms with Crippen molar-refractivity contribution in [1.29, 1.82) is 0 Å². The first-order chi connectivity index (χ1) is 56.9. The fourth-order valence-corrected chi connectivity index (χ4v) is 14.8. The monoisotopic (exact) mass is 1680 g/mol. The second kappa shape index (κ2) is 62.2. The van der Waals surface area contributed by atoms with Crippen LogP contribution in [-0.2, 0) is 85.7 Å². The van der Waals surface area contributed by atoms with Gasteiger partial charge in [0.2, 0.25) is 17.7 Å². The molecule has 4 aliphatic rings. The van der Waals surface area contributed by atoms with Gasteiger partial charge in [0.1, 0.15) is 47.2 Å². The summed E-state index contributed by atoms with van der Waals surface area (Å²) in [6.07, 6.45) is 4.87. The van der Waals surface area contributed by atoms with Crippen LogP contribution in [0, 0.1) is 23.2 Å². The number of carbonyl (C=O) groups excluding carboxylic acids is 8. The van der Waals surface area contributed by atoms with E-state index in [1.54, 1.807) is 32.8 Å². The quantitative estimate of drug-likeness (QED) is 0.0120. The van der Waals surface area contributed by atoms with Gasteiger partial charge < -0.3 is 98.6 Å². The lowest BCUT2D eigenvalue weighted by Crippen LogP contribution is -2.55. The number of β-amino-alcohol motifs (C(OH)–C–C–N with tert-alkyl or cyclic N) is 1. The Morgan fingerprint density at radius 3 is 1.11 bits per heavy atom. The second-order valence-corrected chi connectivity index (χ2v) is 32.2. The number of nitrogens with zero attached hydrogens (tertiary/aromatic N) is 10. The van der Waals surface area contributed by atoms with Crippen LogP contribution in [0.3, 0.4) is 0 Å². The lowest BCUT2D eigenvalue weighted by Gasteiger charge is -2.40. The number of Topliss-reactive ketones (excluding diaryl/α,β-unsaturated/α-hetero) is 5. The van der Waals surface area contributed by atoms with Gasteiger partial charge >= 0.3 is 0 Å². The number of nitrogens with one attached hydrogen (secondary N) is 2. The van der Waals surface area contributed by atoms with Crippen LogP contribution in [0.5, 0.6) is 0 Å². The molecule has 4 aliphatic heterocycles. The number of amides is 3. The molecule has 4 rings (SSSR count). The fourth-order valence-electron chi connectivity index (χ4n) is 14.8. The summed E-state index contributed by atoms with van der Waals surface area (Å²) in [7, 11) is 1.59. The van der Waals surface area contributed by atoms with Gasteiger partial charge in [0.15, 0.2) is 18.9 Å². The van der Waals surface area contributed by atoms with E-state index >= 15 is 0 Å². The van der Waals surface area contributed by atoms with E-state index in [1.165, 1.54) is 0 Å². The highest BCUT2D eigenvalue weighted by Gasteiger charge is 2.45. The SMILES string of the molecule is COC[C@@H]1C[C@@H](O)CN1C(=O)CCCCCCCCCCC(=O)CC(COCCC(=O)CCCCCC(=O)CCCCOC1OC(CN=[N+]=[N-])C(O)C(O)C1C)(COCCC(=O)CCCCCC(=O)CCCCOC1OC(CN=[N+]=[N-])C(O)C(O)C1C)COCCC(=O)NCCCNC(=O)CCCCOC1OC(CN=[N+]=[N-])C(O)C(O)C1C. The van der Waals surface area contributed by atoms with Crippen molar-refractivity contribution in [3.63, 3.8) is 0 Å². The van der Waals surface area contributed by atoms with Crippen LogP contribution < -0.4 is 10.6 Å². The highest BCUT2D eigenvalue weighted by molar-refractivity contribution is 5.81. The van der Waals surface area contributed by atoms with Gasteiger partial charge in [-0.3, -0.25) is 38.4 Å². The van der Waals surface area contributed by atoms with Crippen molar-refractivity contribution < 1.29 is 121 Å². The summed E-state index contributed by atoms with van der Waals surface area (Å²) in [5.41, 5.74) is 25.0. The highest BCUT2D eigenvalue weighted by atomic mass is 16.7. The van der Waals surface area contributed by atoms with Crippen molar-refractivity contribution in [2.45, 2.75) is 331 Å². The number of azide groups is 3. The maximum atomic E-state index is 14.2. The lowest BCUT2D eigenvalue weighted by molar-refractivity contribution is -0.274. The lowest BCUT2D eigenvalue weighted by atomic mass is 9.83. The van der Waals surface area contributed by atoms with E-state index in [9.17, 15) is 74.1 Å². The molecule has 3 amide bonds. The van der Waals surface area contributed by atoms with Gasteiger partial charge in [-0.2, -0.15) is 0 Å². The zero-order chi connectivity index (χ0) is 86.3. The Labute approximate surface area is 694 Å². The highest BCUT2D eigenvalue weighted by Crippen LogP contribution is 2.32. The predicted octanol–water partition coefficient (Wildman–Crippen LogP) is 8.20. The van der Waals surface area contributed by atoms with Crippen molar-refractivity contribution in [2.24, 2.45) is 38.5 Å². The number of unbranched alkanes of at least 4 members (excludes halogenated alkanes) is 14. The van der Waals surface area contributed by atoms with Gasteiger partial charge in [-0.25, -0.2) is 0 Å². The summed E-state index contributed by atoms with van der Waals surface area (Å²) in [5.74, 6) is -2.05. The molecule has 37 heteroatoms. The number of methoxy groups -OCH3 is 1. The normalized spacial score (nSPS) is 25.5. The van der Waals surface area contributed by atoms with E-state index in [-0.39, 0.29) is 190 Å². The third-order valence-electron chi connectivity index (χ3n) is 22.2. The largest absolute Gasteiger partial charge is 0.391 e. The Morgan fingerprint density at radius 2 is 0.729 bits per heavy atom. The first-order valence-electron chi connectivity index (χ1n) is 43.1. The van der Waals surface area contributed by atoms with Crippen LogP contribution in [0.2, 0.25) is 0 Å². The molecular formula is C81H140N12O25. The first-order valence-corrected chi connectivity index (χ1v) is 43.1. The number of hydrogen-bond donors (Lipinski definition) is 9. The predicted molar refractivity (Wildman–Crippen MR) is 430 cm³/mol. The molecule has 674 valence electrons. The molecule has 0 aromatic rings. The second-order valence-electron chi connectivity index (χ2n) is 32.2. The van der Waals surface area contributed by atoms with Gasteiger partial charge in [0.25, 0.3) is 0 Å². The van der Waals surface area contributed by atoms with Crippen LogP contribution in [0.15, 0.2) is 15.3 Å².